The number of aromatic nitrogens is 3. The summed E-state index contributed by atoms with van der Waals surface area (Å²) in [6.07, 6.45) is 4.95. The Kier molecular flexibility index (Phi) is 2.93. The predicted octanol–water partition coefficient (Wildman–Crippen LogP) is 2.17. The molecule has 122 valence electrons. The van der Waals surface area contributed by atoms with Crippen molar-refractivity contribution in [1.29, 1.82) is 0 Å². The van der Waals surface area contributed by atoms with Gasteiger partial charge in [0.25, 0.3) is 0 Å². The van der Waals surface area contributed by atoms with E-state index in [9.17, 15) is 4.79 Å². The number of aromatic amines is 1. The van der Waals surface area contributed by atoms with Crippen molar-refractivity contribution in [1.82, 2.24) is 19.9 Å². The van der Waals surface area contributed by atoms with Gasteiger partial charge in [-0.1, -0.05) is 0 Å². The Hall–Kier alpha value is -3.48. The molecule has 2 aromatic heterocycles. The maximum absolute atomic E-state index is 12.7. The summed E-state index contributed by atoms with van der Waals surface area (Å²) in [6, 6.07) is 9.31. The molecule has 2 aliphatic rings. The zero-order valence-corrected chi connectivity index (χ0v) is 13.2. The van der Waals surface area contributed by atoms with E-state index in [0.717, 1.165) is 34.8 Å². The molecule has 0 bridgehead atoms. The average molecular weight is 330 g/mol. The molecule has 5 rings (SSSR count). The molecule has 0 saturated heterocycles. The van der Waals surface area contributed by atoms with Gasteiger partial charge in [-0.3, -0.25) is 9.79 Å². The number of anilines is 1. The van der Waals surface area contributed by atoms with Crippen LogP contribution in [0.4, 0.5) is 5.82 Å². The predicted molar refractivity (Wildman–Crippen MR) is 94.5 cm³/mol. The minimum atomic E-state index is -0.0790. The van der Waals surface area contributed by atoms with E-state index in [1.807, 2.05) is 29.2 Å². The van der Waals surface area contributed by atoms with Gasteiger partial charge in [0, 0.05) is 24.4 Å². The molecular weight excluding hydrogens is 316 g/mol. The number of carbonyl (C=O) groups excluding carboxylic acids is 1. The Balaban J connectivity index is 1.54. The minimum absolute atomic E-state index is 0.0790. The van der Waals surface area contributed by atoms with Crippen LogP contribution in [0.5, 0.6) is 0 Å². The number of hydrogen-bond acceptors (Lipinski definition) is 6. The van der Waals surface area contributed by atoms with Gasteiger partial charge in [-0.15, -0.1) is 0 Å². The first-order chi connectivity index (χ1) is 12.3. The second kappa shape index (κ2) is 5.27. The normalized spacial score (nSPS) is 17.2. The molecule has 2 N–H and O–H groups in total. The Labute approximate surface area is 143 Å². The summed E-state index contributed by atoms with van der Waals surface area (Å²) < 4.78 is 0. The molecule has 0 unspecified atom stereocenters. The molecule has 0 spiro atoms. The van der Waals surface area contributed by atoms with Crippen LogP contribution in [-0.2, 0) is 0 Å². The number of rotatable bonds is 2. The zero-order chi connectivity index (χ0) is 16.8. The van der Waals surface area contributed by atoms with Crippen molar-refractivity contribution in [3.8, 4) is 0 Å². The van der Waals surface area contributed by atoms with Gasteiger partial charge in [-0.2, -0.15) is 0 Å². The molecule has 0 saturated carbocycles. The first-order valence-electron chi connectivity index (χ1n) is 8.03. The summed E-state index contributed by atoms with van der Waals surface area (Å²) in [6.45, 7) is 1.45. The number of nitrogens with one attached hydrogen (secondary N) is 2. The van der Waals surface area contributed by atoms with Crippen molar-refractivity contribution in [2.45, 2.75) is 0 Å². The van der Waals surface area contributed by atoms with E-state index >= 15 is 0 Å². The van der Waals surface area contributed by atoms with Crippen molar-refractivity contribution in [2.24, 2.45) is 4.99 Å². The van der Waals surface area contributed by atoms with Crippen LogP contribution in [-0.4, -0.2) is 44.6 Å². The molecule has 7 nitrogen and oxygen atoms in total. The van der Waals surface area contributed by atoms with E-state index in [1.54, 1.807) is 24.7 Å². The Morgan fingerprint density at radius 3 is 3.16 bits per heavy atom. The van der Waals surface area contributed by atoms with Gasteiger partial charge >= 0.3 is 0 Å². The van der Waals surface area contributed by atoms with Crippen molar-refractivity contribution in [3.05, 3.63) is 65.9 Å². The molecule has 3 aromatic rings. The lowest BCUT2D eigenvalue weighted by atomic mass is 10.1. The third-order valence-electron chi connectivity index (χ3n) is 4.40. The molecule has 4 heterocycles. The summed E-state index contributed by atoms with van der Waals surface area (Å²) in [5.41, 5.74) is 3.25. The lowest BCUT2D eigenvalue weighted by Gasteiger charge is -2.30. The first-order valence-corrected chi connectivity index (χ1v) is 8.03. The van der Waals surface area contributed by atoms with Crippen LogP contribution in [0.1, 0.15) is 15.9 Å². The number of hydrogen-bond donors (Lipinski definition) is 2. The highest BCUT2D eigenvalue weighted by Crippen LogP contribution is 2.28. The lowest BCUT2D eigenvalue weighted by Crippen LogP contribution is -2.36. The molecule has 0 amide bonds. The van der Waals surface area contributed by atoms with Crippen LogP contribution in [0.3, 0.4) is 0 Å². The van der Waals surface area contributed by atoms with Gasteiger partial charge in [0.2, 0.25) is 0 Å². The number of ketones is 1. The molecule has 1 aromatic carbocycles. The minimum Gasteiger partial charge on any atom is -0.345 e. The van der Waals surface area contributed by atoms with Gasteiger partial charge in [0.15, 0.2) is 5.78 Å². The number of imidazole rings is 1. The number of allylic oxidation sites excluding steroid dienone is 1. The van der Waals surface area contributed by atoms with E-state index in [-0.39, 0.29) is 5.78 Å². The highest BCUT2D eigenvalue weighted by Gasteiger charge is 2.30. The topological polar surface area (TPSA) is 86.3 Å². The van der Waals surface area contributed by atoms with Crippen LogP contribution in [0.15, 0.2) is 59.7 Å². The molecule has 2 aliphatic heterocycles. The maximum Gasteiger partial charge on any atom is 0.189 e. The number of pyridine rings is 1. The molecule has 25 heavy (non-hydrogen) atoms. The number of nitrogens with zero attached hydrogens (tertiary/aromatic N) is 4. The molecular formula is C18H14N6O. The third-order valence-corrected chi connectivity index (χ3v) is 4.40. The van der Waals surface area contributed by atoms with Gasteiger partial charge < -0.3 is 15.2 Å². The van der Waals surface area contributed by atoms with Gasteiger partial charge in [-0.05, 0) is 30.3 Å². The number of fused-ring (bicyclic) bond motifs is 4. The fourth-order valence-electron chi connectivity index (χ4n) is 3.20. The standard InChI is InChI=1S/C18H14N6O/c25-15(11-3-4-13-14(8-11)22-10-21-13)9-16-23-17-12(2-1-5-19-17)18-20-6-7-24(16)18/h1-5,8-10H,6-7H2,(H,19,23)(H,21,22)/b16-9+. The van der Waals surface area contributed by atoms with Gasteiger partial charge in [-0.25, -0.2) is 9.97 Å². The summed E-state index contributed by atoms with van der Waals surface area (Å²) >= 11 is 0. The molecule has 0 aliphatic carbocycles. The second-order valence-electron chi connectivity index (χ2n) is 5.91. The quantitative estimate of drug-likeness (QED) is 0.555. The molecule has 0 fully saturated rings. The lowest BCUT2D eigenvalue weighted by molar-refractivity contribution is 0.104. The SMILES string of the molecule is O=C(/C=C1\Nc2ncccc2C2=NCCN21)c1ccc2nc[nH]c2c1. The van der Waals surface area contributed by atoms with E-state index in [0.29, 0.717) is 17.9 Å². The summed E-state index contributed by atoms with van der Waals surface area (Å²) in [4.78, 5) is 30.9. The Morgan fingerprint density at radius 2 is 2.20 bits per heavy atom. The molecule has 0 radical (unpaired) electrons. The van der Waals surface area contributed by atoms with Gasteiger partial charge in [0.1, 0.15) is 17.5 Å². The summed E-state index contributed by atoms with van der Waals surface area (Å²) in [5, 5.41) is 3.26. The van der Waals surface area contributed by atoms with Crippen LogP contribution in [0.2, 0.25) is 0 Å². The fourth-order valence-corrected chi connectivity index (χ4v) is 3.20. The number of carbonyl (C=O) groups is 1. The van der Waals surface area contributed by atoms with Crippen molar-refractivity contribution in [3.63, 3.8) is 0 Å². The van der Waals surface area contributed by atoms with E-state index in [1.165, 1.54) is 0 Å². The Morgan fingerprint density at radius 1 is 1.24 bits per heavy atom. The second-order valence-corrected chi connectivity index (χ2v) is 5.91. The van der Waals surface area contributed by atoms with Gasteiger partial charge in [0.05, 0.1) is 29.5 Å². The van der Waals surface area contributed by atoms with Crippen molar-refractivity contribution < 1.29 is 4.79 Å². The molecule has 0 atom stereocenters. The zero-order valence-electron chi connectivity index (χ0n) is 13.2. The smallest absolute Gasteiger partial charge is 0.189 e. The highest BCUT2D eigenvalue weighted by atomic mass is 16.1. The van der Waals surface area contributed by atoms with Crippen molar-refractivity contribution in [2.75, 3.05) is 18.4 Å². The monoisotopic (exact) mass is 330 g/mol. The van der Waals surface area contributed by atoms with E-state index in [4.69, 9.17) is 0 Å². The molecule has 7 heteroatoms. The average Bonchev–Trinajstić information content (AvgIpc) is 3.30. The van der Waals surface area contributed by atoms with Crippen LogP contribution in [0, 0.1) is 0 Å². The number of benzene rings is 1. The van der Waals surface area contributed by atoms with E-state index in [2.05, 4.69) is 25.3 Å². The third kappa shape index (κ3) is 2.20. The maximum atomic E-state index is 12.7. The number of amidine groups is 1. The number of aliphatic imine (C=N–C) groups is 1. The summed E-state index contributed by atoms with van der Waals surface area (Å²) in [5.74, 6) is 2.22. The highest BCUT2D eigenvalue weighted by molar-refractivity contribution is 6.10. The fraction of sp³-hybridized carbons (Fsp3) is 0.111. The van der Waals surface area contributed by atoms with E-state index < -0.39 is 0 Å². The van der Waals surface area contributed by atoms with Crippen LogP contribution >= 0.6 is 0 Å². The van der Waals surface area contributed by atoms with Crippen LogP contribution in [0.25, 0.3) is 11.0 Å². The largest absolute Gasteiger partial charge is 0.345 e. The first kappa shape index (κ1) is 13.9. The summed E-state index contributed by atoms with van der Waals surface area (Å²) in [7, 11) is 0. The Bertz CT molecular complexity index is 1060. The van der Waals surface area contributed by atoms with Crippen LogP contribution < -0.4 is 5.32 Å². The van der Waals surface area contributed by atoms with Crippen molar-refractivity contribution >= 4 is 28.5 Å². The number of H-pyrrole nitrogens is 1.